The second-order valence-corrected chi connectivity index (χ2v) is 4.74. The first-order chi connectivity index (χ1) is 7.72. The van der Waals surface area contributed by atoms with E-state index in [1.165, 1.54) is 4.90 Å². The minimum Gasteiger partial charge on any atom is -0.358 e. The predicted molar refractivity (Wildman–Crippen MR) is 68.7 cm³/mol. The highest BCUT2D eigenvalue weighted by molar-refractivity contribution is 7.99. The van der Waals surface area contributed by atoms with Crippen LogP contribution in [0.3, 0.4) is 0 Å². The molecule has 0 saturated carbocycles. The molecule has 1 aromatic carbocycles. The maximum Gasteiger partial charge on any atom is 0.233 e. The fraction of sp³-hybridized carbons (Fsp3) is 0.417. The number of carbonyl (C=O) groups excluding carboxylic acids is 1. The molecule has 0 aliphatic rings. The van der Waals surface area contributed by atoms with Gasteiger partial charge in [0.05, 0.1) is 6.54 Å². The molecule has 1 aromatic rings. The highest BCUT2D eigenvalue weighted by atomic mass is 32.2. The molecule has 0 aromatic heterocycles. The van der Waals surface area contributed by atoms with Crippen molar-refractivity contribution in [2.24, 2.45) is 0 Å². The molecule has 4 heteroatoms. The number of nitrogens with one attached hydrogen (secondary N) is 1. The van der Waals surface area contributed by atoms with Gasteiger partial charge in [0.1, 0.15) is 0 Å². The molecule has 0 aliphatic heterocycles. The second-order valence-electron chi connectivity index (χ2n) is 3.57. The van der Waals surface area contributed by atoms with E-state index in [4.69, 9.17) is 0 Å². The lowest BCUT2D eigenvalue weighted by atomic mass is 10.4. The largest absolute Gasteiger partial charge is 0.358 e. The molecule has 0 radical (unpaired) electrons. The smallest absolute Gasteiger partial charge is 0.233 e. The van der Waals surface area contributed by atoms with Gasteiger partial charge in [-0.15, -0.1) is 11.8 Å². The van der Waals surface area contributed by atoms with E-state index in [2.05, 4.69) is 17.4 Å². The maximum absolute atomic E-state index is 11.1. The van der Waals surface area contributed by atoms with Crippen LogP contribution in [0.2, 0.25) is 0 Å². The molecule has 3 nitrogen and oxygen atoms in total. The van der Waals surface area contributed by atoms with Gasteiger partial charge in [0.2, 0.25) is 5.91 Å². The molecule has 0 unspecified atom stereocenters. The van der Waals surface area contributed by atoms with Gasteiger partial charge in [-0.3, -0.25) is 9.69 Å². The zero-order valence-corrected chi connectivity index (χ0v) is 10.6. The van der Waals surface area contributed by atoms with Crippen molar-refractivity contribution in [3.05, 3.63) is 30.3 Å². The number of benzene rings is 1. The van der Waals surface area contributed by atoms with Crippen LogP contribution in [-0.2, 0) is 4.79 Å². The first-order valence-electron chi connectivity index (χ1n) is 5.29. The quantitative estimate of drug-likeness (QED) is 0.762. The molecular formula is C12H18N2OS. The molecule has 0 saturated heterocycles. The highest BCUT2D eigenvalue weighted by Crippen LogP contribution is 2.16. The van der Waals surface area contributed by atoms with Crippen LogP contribution in [-0.4, -0.2) is 43.7 Å². The summed E-state index contributed by atoms with van der Waals surface area (Å²) < 4.78 is 0. The first kappa shape index (κ1) is 13.1. The summed E-state index contributed by atoms with van der Waals surface area (Å²) in [6.07, 6.45) is 0. The fourth-order valence-electron chi connectivity index (χ4n) is 1.24. The fourth-order valence-corrected chi connectivity index (χ4v) is 2.23. The van der Waals surface area contributed by atoms with Crippen molar-refractivity contribution in [2.45, 2.75) is 4.90 Å². The van der Waals surface area contributed by atoms with Crippen LogP contribution in [0.25, 0.3) is 0 Å². The molecule has 0 atom stereocenters. The van der Waals surface area contributed by atoms with Crippen molar-refractivity contribution >= 4 is 17.7 Å². The van der Waals surface area contributed by atoms with Crippen molar-refractivity contribution < 1.29 is 4.79 Å². The molecule has 0 heterocycles. The standard InChI is InChI=1S/C12H18N2OS/c1-13-12(15)10-14(2)8-9-16-11-6-4-3-5-7-11/h3-7H,8-10H2,1-2H3,(H,13,15). The summed E-state index contributed by atoms with van der Waals surface area (Å²) in [5.74, 6) is 1.06. The van der Waals surface area contributed by atoms with Crippen molar-refractivity contribution in [1.82, 2.24) is 10.2 Å². The Bertz CT molecular complexity index is 316. The molecular weight excluding hydrogens is 220 g/mol. The number of amides is 1. The first-order valence-corrected chi connectivity index (χ1v) is 6.28. The van der Waals surface area contributed by atoms with Gasteiger partial charge in [-0.2, -0.15) is 0 Å². The van der Waals surface area contributed by atoms with E-state index in [1.54, 1.807) is 7.05 Å². The van der Waals surface area contributed by atoms with Crippen LogP contribution in [0.1, 0.15) is 0 Å². The Hall–Kier alpha value is -1.00. The summed E-state index contributed by atoms with van der Waals surface area (Å²) in [4.78, 5) is 14.4. The van der Waals surface area contributed by atoms with Crippen LogP contribution in [0.5, 0.6) is 0 Å². The summed E-state index contributed by atoms with van der Waals surface area (Å²) in [6, 6.07) is 10.3. The summed E-state index contributed by atoms with van der Waals surface area (Å²) in [5, 5.41) is 2.62. The topological polar surface area (TPSA) is 32.3 Å². The maximum atomic E-state index is 11.1. The lowest BCUT2D eigenvalue weighted by Crippen LogP contribution is -2.34. The van der Waals surface area contributed by atoms with Crippen LogP contribution >= 0.6 is 11.8 Å². The van der Waals surface area contributed by atoms with Gasteiger partial charge in [0.15, 0.2) is 0 Å². The van der Waals surface area contributed by atoms with Crippen molar-refractivity contribution in [3.63, 3.8) is 0 Å². The molecule has 0 spiro atoms. The third-order valence-electron chi connectivity index (χ3n) is 2.18. The van der Waals surface area contributed by atoms with E-state index < -0.39 is 0 Å². The Morgan fingerprint density at radius 3 is 2.69 bits per heavy atom. The van der Waals surface area contributed by atoms with E-state index in [-0.39, 0.29) is 5.91 Å². The van der Waals surface area contributed by atoms with E-state index in [0.29, 0.717) is 6.54 Å². The summed E-state index contributed by atoms with van der Waals surface area (Å²) in [5.41, 5.74) is 0. The lowest BCUT2D eigenvalue weighted by molar-refractivity contribution is -0.121. The third-order valence-corrected chi connectivity index (χ3v) is 3.17. The number of hydrogen-bond donors (Lipinski definition) is 1. The van der Waals surface area contributed by atoms with Crippen LogP contribution in [0, 0.1) is 0 Å². The Kier molecular flexibility index (Phi) is 5.96. The van der Waals surface area contributed by atoms with Crippen molar-refractivity contribution in [3.8, 4) is 0 Å². The lowest BCUT2D eigenvalue weighted by Gasteiger charge is -2.14. The number of likely N-dealkylation sites (N-methyl/N-ethyl adjacent to an activating group) is 2. The van der Waals surface area contributed by atoms with Gasteiger partial charge >= 0.3 is 0 Å². The molecule has 1 N–H and O–H groups in total. The minimum atomic E-state index is 0.0622. The monoisotopic (exact) mass is 238 g/mol. The summed E-state index contributed by atoms with van der Waals surface area (Å²) >= 11 is 1.81. The van der Waals surface area contributed by atoms with Gasteiger partial charge in [0, 0.05) is 24.2 Å². The van der Waals surface area contributed by atoms with Crippen LogP contribution < -0.4 is 5.32 Å². The zero-order chi connectivity index (χ0) is 11.8. The Labute approximate surface area is 101 Å². The summed E-state index contributed by atoms with van der Waals surface area (Å²) in [7, 11) is 3.62. The molecule has 0 aliphatic carbocycles. The molecule has 16 heavy (non-hydrogen) atoms. The zero-order valence-electron chi connectivity index (χ0n) is 9.77. The van der Waals surface area contributed by atoms with Gasteiger partial charge in [-0.1, -0.05) is 18.2 Å². The number of hydrogen-bond acceptors (Lipinski definition) is 3. The predicted octanol–water partition coefficient (Wildman–Crippen LogP) is 1.46. The van der Waals surface area contributed by atoms with Crippen LogP contribution in [0.4, 0.5) is 0 Å². The van der Waals surface area contributed by atoms with Gasteiger partial charge in [0.25, 0.3) is 0 Å². The number of thioether (sulfide) groups is 1. The molecule has 0 bridgehead atoms. The third kappa shape index (κ3) is 5.19. The van der Waals surface area contributed by atoms with Crippen LogP contribution in [0.15, 0.2) is 35.2 Å². The SMILES string of the molecule is CNC(=O)CN(C)CCSc1ccccc1. The van der Waals surface area contributed by atoms with E-state index in [0.717, 1.165) is 12.3 Å². The highest BCUT2D eigenvalue weighted by Gasteiger charge is 2.03. The Balaban J connectivity index is 2.18. The van der Waals surface area contributed by atoms with E-state index >= 15 is 0 Å². The van der Waals surface area contributed by atoms with Gasteiger partial charge < -0.3 is 5.32 Å². The Morgan fingerprint density at radius 2 is 2.06 bits per heavy atom. The average Bonchev–Trinajstić information content (AvgIpc) is 2.30. The van der Waals surface area contributed by atoms with E-state index in [1.807, 2.05) is 41.9 Å². The number of carbonyl (C=O) groups is 1. The number of rotatable bonds is 6. The van der Waals surface area contributed by atoms with E-state index in [9.17, 15) is 4.79 Å². The van der Waals surface area contributed by atoms with Crippen molar-refractivity contribution in [2.75, 3.05) is 32.9 Å². The Morgan fingerprint density at radius 1 is 1.38 bits per heavy atom. The second kappa shape index (κ2) is 7.30. The molecule has 88 valence electrons. The minimum absolute atomic E-state index is 0.0622. The van der Waals surface area contributed by atoms with Gasteiger partial charge in [-0.25, -0.2) is 0 Å². The summed E-state index contributed by atoms with van der Waals surface area (Å²) in [6.45, 7) is 1.37. The van der Waals surface area contributed by atoms with Gasteiger partial charge in [-0.05, 0) is 19.2 Å². The number of nitrogens with zero attached hydrogens (tertiary/aromatic N) is 1. The molecule has 1 rings (SSSR count). The normalized spacial score (nSPS) is 10.4. The average molecular weight is 238 g/mol. The molecule has 1 amide bonds. The van der Waals surface area contributed by atoms with Crippen molar-refractivity contribution in [1.29, 1.82) is 0 Å². The molecule has 0 fully saturated rings.